The summed E-state index contributed by atoms with van der Waals surface area (Å²) in [6, 6.07) is 18.8. The predicted molar refractivity (Wildman–Crippen MR) is 126 cm³/mol. The molecule has 3 aromatic rings. The lowest BCUT2D eigenvalue weighted by atomic mass is 10.0. The summed E-state index contributed by atoms with van der Waals surface area (Å²) < 4.78 is 0. The number of thiophene rings is 1. The van der Waals surface area contributed by atoms with Gasteiger partial charge in [-0.1, -0.05) is 48.5 Å². The van der Waals surface area contributed by atoms with E-state index in [9.17, 15) is 19.5 Å². The first-order valence-corrected chi connectivity index (χ1v) is 11.7. The van der Waals surface area contributed by atoms with Crippen LogP contribution in [0, 0.1) is 0 Å². The predicted octanol–water partition coefficient (Wildman–Crippen LogP) is 2.78. The molecular formula is C25H25N3O4S. The highest BCUT2D eigenvalue weighted by molar-refractivity contribution is 7.12. The number of nitrogens with one attached hydrogen (secondary N) is 1. The fourth-order valence-electron chi connectivity index (χ4n) is 3.86. The van der Waals surface area contributed by atoms with Crippen molar-refractivity contribution in [3.05, 3.63) is 88.1 Å². The Kier molecular flexibility index (Phi) is 7.04. The number of para-hydroxylation sites is 1. The van der Waals surface area contributed by atoms with Gasteiger partial charge in [0.15, 0.2) is 0 Å². The molecule has 33 heavy (non-hydrogen) atoms. The van der Waals surface area contributed by atoms with E-state index in [1.54, 1.807) is 40.1 Å². The first-order valence-electron chi connectivity index (χ1n) is 10.8. The first-order chi connectivity index (χ1) is 16.0. The number of amides is 3. The Hall–Kier alpha value is -3.65. The Morgan fingerprint density at radius 3 is 2.21 bits per heavy atom. The third-order valence-electron chi connectivity index (χ3n) is 5.64. The quantitative estimate of drug-likeness (QED) is 0.588. The number of aromatic hydroxyl groups is 1. The number of piperazine rings is 1. The van der Waals surface area contributed by atoms with Gasteiger partial charge >= 0.3 is 0 Å². The summed E-state index contributed by atoms with van der Waals surface area (Å²) in [7, 11) is 0. The zero-order valence-electron chi connectivity index (χ0n) is 18.0. The molecule has 0 bridgehead atoms. The number of hydrogen-bond acceptors (Lipinski definition) is 5. The average Bonchev–Trinajstić information content (AvgIpc) is 3.39. The van der Waals surface area contributed by atoms with Crippen molar-refractivity contribution in [3.63, 3.8) is 0 Å². The van der Waals surface area contributed by atoms with Crippen LogP contribution in [-0.4, -0.2) is 64.8 Å². The molecule has 0 aliphatic carbocycles. The second-order valence-electron chi connectivity index (χ2n) is 7.83. The molecule has 1 aromatic heterocycles. The van der Waals surface area contributed by atoms with Crippen molar-refractivity contribution in [1.82, 2.24) is 15.1 Å². The molecule has 8 heteroatoms. The number of phenols is 1. The van der Waals surface area contributed by atoms with Crippen molar-refractivity contribution in [2.75, 3.05) is 26.2 Å². The SMILES string of the molecule is O=C(NC(Cc1ccccc1)C(=O)N1CCN(C(=O)c2ccccc2O)CC1)c1cccs1. The molecule has 1 unspecified atom stereocenters. The summed E-state index contributed by atoms with van der Waals surface area (Å²) in [6.07, 6.45) is 0.383. The standard InChI is InChI=1S/C25H25N3O4S/c29-21-10-5-4-9-19(21)24(31)27-12-14-28(15-13-27)25(32)20(17-18-7-2-1-3-8-18)26-23(30)22-11-6-16-33-22/h1-11,16,20,29H,12-15,17H2,(H,26,30). The van der Waals surface area contributed by atoms with E-state index in [0.717, 1.165) is 5.56 Å². The summed E-state index contributed by atoms with van der Waals surface area (Å²) in [5.41, 5.74) is 1.21. The maximum Gasteiger partial charge on any atom is 0.262 e. The van der Waals surface area contributed by atoms with Crippen LogP contribution in [0.15, 0.2) is 72.1 Å². The fourth-order valence-corrected chi connectivity index (χ4v) is 4.49. The number of hydrogen-bond donors (Lipinski definition) is 2. The summed E-state index contributed by atoms with van der Waals surface area (Å²) >= 11 is 1.33. The van der Waals surface area contributed by atoms with E-state index in [2.05, 4.69) is 5.32 Å². The molecule has 1 fully saturated rings. The van der Waals surface area contributed by atoms with Crippen LogP contribution in [0.3, 0.4) is 0 Å². The van der Waals surface area contributed by atoms with Gasteiger partial charge in [-0.05, 0) is 29.1 Å². The lowest BCUT2D eigenvalue weighted by Crippen LogP contribution is -2.56. The molecule has 2 heterocycles. The third kappa shape index (κ3) is 5.40. The summed E-state index contributed by atoms with van der Waals surface area (Å²) in [5.74, 6) is -0.752. The van der Waals surface area contributed by atoms with Gasteiger partial charge in [-0.3, -0.25) is 14.4 Å². The van der Waals surface area contributed by atoms with Gasteiger partial charge in [0.05, 0.1) is 10.4 Å². The minimum atomic E-state index is -0.706. The minimum absolute atomic E-state index is 0.0554. The number of carbonyl (C=O) groups excluding carboxylic acids is 3. The van der Waals surface area contributed by atoms with Crippen LogP contribution in [0.2, 0.25) is 0 Å². The van der Waals surface area contributed by atoms with E-state index in [1.165, 1.54) is 17.4 Å². The first kappa shape index (κ1) is 22.5. The van der Waals surface area contributed by atoms with Gasteiger partial charge < -0.3 is 20.2 Å². The molecule has 1 saturated heterocycles. The van der Waals surface area contributed by atoms with Crippen molar-refractivity contribution in [2.24, 2.45) is 0 Å². The molecule has 1 aliphatic rings. The average molecular weight is 464 g/mol. The highest BCUT2D eigenvalue weighted by atomic mass is 32.1. The van der Waals surface area contributed by atoms with Crippen LogP contribution in [0.4, 0.5) is 0 Å². The van der Waals surface area contributed by atoms with Crippen LogP contribution in [-0.2, 0) is 11.2 Å². The molecule has 170 valence electrons. The normalized spacial score (nSPS) is 14.5. The fraction of sp³-hybridized carbons (Fsp3) is 0.240. The molecule has 0 saturated carbocycles. The second kappa shape index (κ2) is 10.3. The van der Waals surface area contributed by atoms with Gasteiger partial charge in [0.2, 0.25) is 5.91 Å². The van der Waals surface area contributed by atoms with Crippen molar-refractivity contribution in [3.8, 4) is 5.75 Å². The Bertz CT molecular complexity index is 1110. The van der Waals surface area contributed by atoms with E-state index in [-0.39, 0.29) is 29.0 Å². The number of nitrogens with zero attached hydrogens (tertiary/aromatic N) is 2. The maximum atomic E-state index is 13.4. The monoisotopic (exact) mass is 463 g/mol. The van der Waals surface area contributed by atoms with E-state index >= 15 is 0 Å². The van der Waals surface area contributed by atoms with E-state index in [4.69, 9.17) is 0 Å². The highest BCUT2D eigenvalue weighted by Gasteiger charge is 2.31. The van der Waals surface area contributed by atoms with Crippen molar-refractivity contribution >= 4 is 29.1 Å². The Balaban J connectivity index is 1.43. The number of carbonyl (C=O) groups is 3. The van der Waals surface area contributed by atoms with Crippen LogP contribution < -0.4 is 5.32 Å². The van der Waals surface area contributed by atoms with Gasteiger partial charge in [-0.25, -0.2) is 0 Å². The molecule has 2 aromatic carbocycles. The minimum Gasteiger partial charge on any atom is -0.507 e. The zero-order valence-corrected chi connectivity index (χ0v) is 18.8. The number of phenolic OH excluding ortho intramolecular Hbond substituents is 1. The zero-order chi connectivity index (χ0) is 23.2. The Labute approximate surface area is 196 Å². The van der Waals surface area contributed by atoms with Crippen LogP contribution >= 0.6 is 11.3 Å². The van der Waals surface area contributed by atoms with Crippen molar-refractivity contribution in [1.29, 1.82) is 0 Å². The molecule has 4 rings (SSSR count). The molecule has 0 radical (unpaired) electrons. The lowest BCUT2D eigenvalue weighted by molar-refractivity contribution is -0.134. The van der Waals surface area contributed by atoms with E-state index in [1.807, 2.05) is 35.7 Å². The third-order valence-corrected chi connectivity index (χ3v) is 6.51. The topological polar surface area (TPSA) is 90.0 Å². The van der Waals surface area contributed by atoms with E-state index in [0.29, 0.717) is 37.5 Å². The maximum absolute atomic E-state index is 13.4. The number of rotatable bonds is 6. The highest BCUT2D eigenvalue weighted by Crippen LogP contribution is 2.19. The van der Waals surface area contributed by atoms with Gasteiger partial charge in [0.25, 0.3) is 11.8 Å². The number of benzene rings is 2. The van der Waals surface area contributed by atoms with Gasteiger partial charge in [0, 0.05) is 32.6 Å². The van der Waals surface area contributed by atoms with Crippen LogP contribution in [0.25, 0.3) is 0 Å². The lowest BCUT2D eigenvalue weighted by Gasteiger charge is -2.36. The molecule has 3 amide bonds. The summed E-state index contributed by atoms with van der Waals surface area (Å²) in [4.78, 5) is 42.7. The Morgan fingerprint density at radius 2 is 1.55 bits per heavy atom. The van der Waals surface area contributed by atoms with E-state index < -0.39 is 6.04 Å². The molecule has 0 spiro atoms. The van der Waals surface area contributed by atoms with Gasteiger partial charge in [0.1, 0.15) is 11.8 Å². The smallest absolute Gasteiger partial charge is 0.262 e. The van der Waals surface area contributed by atoms with Crippen molar-refractivity contribution in [2.45, 2.75) is 12.5 Å². The molecule has 2 N–H and O–H groups in total. The summed E-state index contributed by atoms with van der Waals surface area (Å²) in [6.45, 7) is 1.43. The van der Waals surface area contributed by atoms with Crippen LogP contribution in [0.5, 0.6) is 5.75 Å². The second-order valence-corrected chi connectivity index (χ2v) is 8.78. The Morgan fingerprint density at radius 1 is 0.879 bits per heavy atom. The molecule has 7 nitrogen and oxygen atoms in total. The van der Waals surface area contributed by atoms with Crippen molar-refractivity contribution < 1.29 is 19.5 Å². The van der Waals surface area contributed by atoms with Gasteiger partial charge in [-0.2, -0.15) is 0 Å². The molecule has 1 atom stereocenters. The molecule has 1 aliphatic heterocycles. The summed E-state index contributed by atoms with van der Waals surface area (Å²) in [5, 5.41) is 14.7. The van der Waals surface area contributed by atoms with Gasteiger partial charge in [-0.15, -0.1) is 11.3 Å². The van der Waals surface area contributed by atoms with Crippen LogP contribution in [0.1, 0.15) is 25.6 Å². The molecular weight excluding hydrogens is 438 g/mol. The largest absolute Gasteiger partial charge is 0.507 e.